The summed E-state index contributed by atoms with van der Waals surface area (Å²) in [4.78, 5) is 19.1. The van der Waals surface area contributed by atoms with Crippen LogP contribution in [0.3, 0.4) is 0 Å². The summed E-state index contributed by atoms with van der Waals surface area (Å²) >= 11 is 1.59. The molecule has 2 unspecified atom stereocenters. The van der Waals surface area contributed by atoms with Crippen molar-refractivity contribution in [2.75, 3.05) is 7.05 Å². The standard InChI is InChI=1S/C11H12N2OS/c1-7-5-13(2)10(14)11(3-8(7)11)9-4-12-6-15-9/h4-6,8H,3H2,1-2H3. The Morgan fingerprint density at radius 3 is 3.13 bits per heavy atom. The molecular weight excluding hydrogens is 208 g/mol. The van der Waals surface area contributed by atoms with Gasteiger partial charge in [0.1, 0.15) is 0 Å². The lowest BCUT2D eigenvalue weighted by Gasteiger charge is -2.26. The van der Waals surface area contributed by atoms with E-state index in [9.17, 15) is 4.79 Å². The number of carbonyl (C=O) groups is 1. The van der Waals surface area contributed by atoms with Gasteiger partial charge in [-0.25, -0.2) is 0 Å². The fraction of sp³-hybridized carbons (Fsp3) is 0.455. The van der Waals surface area contributed by atoms with Crippen molar-refractivity contribution in [1.29, 1.82) is 0 Å². The maximum Gasteiger partial charge on any atom is 0.238 e. The second-order valence-electron chi connectivity index (χ2n) is 4.38. The number of thiazole rings is 1. The molecule has 1 saturated carbocycles. The Bertz CT molecular complexity index is 451. The molecule has 15 heavy (non-hydrogen) atoms. The zero-order valence-electron chi connectivity index (χ0n) is 8.73. The van der Waals surface area contributed by atoms with Crippen LogP contribution in [0.4, 0.5) is 0 Å². The van der Waals surface area contributed by atoms with Gasteiger partial charge < -0.3 is 4.90 Å². The number of likely N-dealkylation sites (N-methyl/N-ethyl adjacent to an activating group) is 1. The molecule has 1 amide bonds. The van der Waals surface area contributed by atoms with E-state index >= 15 is 0 Å². The Labute approximate surface area is 92.4 Å². The van der Waals surface area contributed by atoms with E-state index in [-0.39, 0.29) is 11.3 Å². The fourth-order valence-corrected chi connectivity index (χ4v) is 3.51. The summed E-state index contributed by atoms with van der Waals surface area (Å²) in [5, 5.41) is 0. The van der Waals surface area contributed by atoms with Gasteiger partial charge in [-0.3, -0.25) is 9.78 Å². The third-order valence-corrected chi connectivity index (χ3v) is 4.43. The lowest BCUT2D eigenvalue weighted by atomic mass is 9.94. The number of hydrogen-bond acceptors (Lipinski definition) is 3. The molecule has 1 aromatic rings. The van der Waals surface area contributed by atoms with E-state index in [1.54, 1.807) is 21.7 Å². The second kappa shape index (κ2) is 2.70. The van der Waals surface area contributed by atoms with E-state index in [2.05, 4.69) is 11.9 Å². The van der Waals surface area contributed by atoms with Gasteiger partial charge in [-0.15, -0.1) is 11.3 Å². The molecule has 0 radical (unpaired) electrons. The van der Waals surface area contributed by atoms with E-state index in [0.29, 0.717) is 5.92 Å². The summed E-state index contributed by atoms with van der Waals surface area (Å²) in [5.41, 5.74) is 2.86. The van der Waals surface area contributed by atoms with Crippen molar-refractivity contribution in [1.82, 2.24) is 9.88 Å². The van der Waals surface area contributed by atoms with Crippen molar-refractivity contribution in [2.24, 2.45) is 5.92 Å². The smallest absolute Gasteiger partial charge is 0.238 e. The molecule has 0 spiro atoms. The van der Waals surface area contributed by atoms with Crippen LogP contribution in [0.15, 0.2) is 23.5 Å². The first-order valence-corrected chi connectivity index (χ1v) is 5.89. The highest BCUT2D eigenvalue weighted by atomic mass is 32.1. The number of allylic oxidation sites excluding steroid dienone is 1. The quantitative estimate of drug-likeness (QED) is 0.722. The van der Waals surface area contributed by atoms with E-state index in [1.165, 1.54) is 5.57 Å². The molecule has 2 heterocycles. The van der Waals surface area contributed by atoms with Crippen LogP contribution >= 0.6 is 11.3 Å². The van der Waals surface area contributed by atoms with Crippen LogP contribution < -0.4 is 0 Å². The molecule has 3 rings (SSSR count). The Kier molecular flexibility index (Phi) is 1.63. The van der Waals surface area contributed by atoms with E-state index in [1.807, 2.05) is 19.4 Å². The normalized spacial score (nSPS) is 33.7. The van der Waals surface area contributed by atoms with Crippen molar-refractivity contribution < 1.29 is 4.79 Å². The average Bonchev–Trinajstić information content (AvgIpc) is 2.74. The zero-order valence-corrected chi connectivity index (χ0v) is 9.54. The molecular formula is C11H12N2OS. The Hall–Kier alpha value is -1.16. The molecule has 0 bridgehead atoms. The molecule has 1 fully saturated rings. The van der Waals surface area contributed by atoms with Crippen LogP contribution in [0.5, 0.6) is 0 Å². The average molecular weight is 220 g/mol. The predicted molar refractivity (Wildman–Crippen MR) is 58.4 cm³/mol. The van der Waals surface area contributed by atoms with Crippen LogP contribution in [-0.2, 0) is 10.2 Å². The first kappa shape index (κ1) is 9.09. The van der Waals surface area contributed by atoms with Crippen molar-refractivity contribution in [2.45, 2.75) is 18.8 Å². The van der Waals surface area contributed by atoms with Gasteiger partial charge in [-0.1, -0.05) is 5.57 Å². The van der Waals surface area contributed by atoms with Gasteiger partial charge in [0, 0.05) is 30.2 Å². The van der Waals surface area contributed by atoms with E-state index in [0.717, 1.165) is 11.3 Å². The summed E-state index contributed by atoms with van der Waals surface area (Å²) in [6.07, 6.45) is 4.76. The van der Waals surface area contributed by atoms with Crippen molar-refractivity contribution in [3.63, 3.8) is 0 Å². The molecule has 1 aliphatic heterocycles. The fourth-order valence-electron chi connectivity index (χ4n) is 2.63. The first-order valence-electron chi connectivity index (χ1n) is 5.01. The van der Waals surface area contributed by atoms with Crippen LogP contribution in [0.1, 0.15) is 18.2 Å². The third kappa shape index (κ3) is 1.00. The second-order valence-corrected chi connectivity index (χ2v) is 5.27. The van der Waals surface area contributed by atoms with E-state index in [4.69, 9.17) is 0 Å². The molecule has 0 saturated heterocycles. The SMILES string of the molecule is CC1=CN(C)C(=O)C2(c3cncs3)CC12. The molecule has 1 aromatic heterocycles. The maximum atomic E-state index is 12.2. The Morgan fingerprint density at radius 1 is 1.67 bits per heavy atom. The van der Waals surface area contributed by atoms with E-state index < -0.39 is 0 Å². The van der Waals surface area contributed by atoms with Gasteiger partial charge in [-0.05, 0) is 13.3 Å². The predicted octanol–water partition coefficient (Wildman–Crippen LogP) is 1.78. The number of aromatic nitrogens is 1. The minimum absolute atomic E-state index is 0.224. The molecule has 1 aliphatic carbocycles. The number of amides is 1. The number of fused-ring (bicyclic) bond motifs is 1. The van der Waals surface area contributed by atoms with Gasteiger partial charge in [0.2, 0.25) is 5.91 Å². The summed E-state index contributed by atoms with van der Waals surface area (Å²) < 4.78 is 0. The summed E-state index contributed by atoms with van der Waals surface area (Å²) in [7, 11) is 1.84. The third-order valence-electron chi connectivity index (χ3n) is 3.48. The largest absolute Gasteiger partial charge is 0.321 e. The number of rotatable bonds is 1. The number of nitrogens with zero attached hydrogens (tertiary/aromatic N) is 2. The van der Waals surface area contributed by atoms with Gasteiger partial charge in [0.25, 0.3) is 0 Å². The molecule has 3 nitrogen and oxygen atoms in total. The van der Waals surface area contributed by atoms with Gasteiger partial charge >= 0.3 is 0 Å². The monoisotopic (exact) mass is 220 g/mol. The molecule has 2 aliphatic rings. The van der Waals surface area contributed by atoms with Crippen LogP contribution in [0.25, 0.3) is 0 Å². The first-order chi connectivity index (χ1) is 7.16. The minimum Gasteiger partial charge on any atom is -0.321 e. The van der Waals surface area contributed by atoms with Crippen molar-refractivity contribution in [3.8, 4) is 0 Å². The minimum atomic E-state index is -0.255. The molecule has 4 heteroatoms. The van der Waals surface area contributed by atoms with Crippen LogP contribution in [0, 0.1) is 5.92 Å². The Balaban J connectivity index is 2.10. The van der Waals surface area contributed by atoms with Crippen LogP contribution in [0.2, 0.25) is 0 Å². The Morgan fingerprint density at radius 2 is 2.47 bits per heavy atom. The van der Waals surface area contributed by atoms with Gasteiger partial charge in [0.15, 0.2) is 0 Å². The number of hydrogen-bond donors (Lipinski definition) is 0. The maximum absolute atomic E-state index is 12.2. The topological polar surface area (TPSA) is 33.2 Å². The molecule has 0 aromatic carbocycles. The highest BCUT2D eigenvalue weighted by Crippen LogP contribution is 2.61. The summed E-state index contributed by atoms with van der Waals surface area (Å²) in [6, 6.07) is 0. The van der Waals surface area contributed by atoms with Gasteiger partial charge in [-0.2, -0.15) is 0 Å². The highest BCUT2D eigenvalue weighted by molar-refractivity contribution is 7.10. The van der Waals surface area contributed by atoms with Crippen molar-refractivity contribution >= 4 is 17.2 Å². The summed E-state index contributed by atoms with van der Waals surface area (Å²) in [6.45, 7) is 2.11. The van der Waals surface area contributed by atoms with Crippen LogP contribution in [-0.4, -0.2) is 22.8 Å². The lowest BCUT2D eigenvalue weighted by molar-refractivity contribution is -0.131. The highest BCUT2D eigenvalue weighted by Gasteiger charge is 2.65. The van der Waals surface area contributed by atoms with Crippen molar-refractivity contribution in [3.05, 3.63) is 28.4 Å². The molecule has 0 N–H and O–H groups in total. The summed E-state index contributed by atoms with van der Waals surface area (Å²) in [5.74, 6) is 0.643. The van der Waals surface area contributed by atoms with Gasteiger partial charge in [0.05, 0.1) is 10.9 Å². The number of carbonyl (C=O) groups excluding carboxylic acids is 1. The lowest BCUT2D eigenvalue weighted by Crippen LogP contribution is -2.37. The molecule has 78 valence electrons. The molecule has 2 atom stereocenters. The zero-order chi connectivity index (χ0) is 10.6.